The maximum absolute atomic E-state index is 10.5. The fraction of sp³-hybridized carbons (Fsp3) is 0.600. The minimum absolute atomic E-state index is 0.179. The SMILES string of the molecule is Nc1ncnc2c1ncn2[C@@H]1O[C@H](C[Se]CCCCC(=O)O)[C@@H](O)[C@H]1O. The van der Waals surface area contributed by atoms with Crippen molar-refractivity contribution in [2.24, 2.45) is 0 Å². The number of hydrogen-bond acceptors (Lipinski definition) is 8. The molecule has 0 radical (unpaired) electrons. The van der Waals surface area contributed by atoms with Crippen LogP contribution in [-0.2, 0) is 9.53 Å². The second kappa shape index (κ2) is 8.28. The van der Waals surface area contributed by atoms with Crippen LogP contribution in [0.25, 0.3) is 11.2 Å². The second-order valence-electron chi connectivity index (χ2n) is 6.06. The molecule has 0 saturated carbocycles. The summed E-state index contributed by atoms with van der Waals surface area (Å²) in [4.78, 5) is 22.6. The molecule has 142 valence electrons. The van der Waals surface area contributed by atoms with Gasteiger partial charge in [0.05, 0.1) is 0 Å². The van der Waals surface area contributed by atoms with E-state index in [9.17, 15) is 15.0 Å². The molecule has 4 atom stereocenters. The number of fused-ring (bicyclic) bond motifs is 1. The number of aliphatic carboxylic acids is 1. The predicted molar refractivity (Wildman–Crippen MR) is 92.5 cm³/mol. The first-order valence-electron chi connectivity index (χ1n) is 8.23. The number of carboxylic acid groups (broad SMARTS) is 1. The molecule has 2 aromatic heterocycles. The Hall–Kier alpha value is -1.78. The van der Waals surface area contributed by atoms with E-state index in [1.165, 1.54) is 12.7 Å². The zero-order chi connectivity index (χ0) is 18.7. The number of nitrogens with zero attached hydrogens (tertiary/aromatic N) is 4. The van der Waals surface area contributed by atoms with Crippen molar-refractivity contribution in [2.75, 3.05) is 5.73 Å². The van der Waals surface area contributed by atoms with Crippen LogP contribution in [0.1, 0.15) is 25.5 Å². The molecule has 3 heterocycles. The van der Waals surface area contributed by atoms with Gasteiger partial charge in [0, 0.05) is 0 Å². The molecule has 1 aliphatic rings. The van der Waals surface area contributed by atoms with Gasteiger partial charge in [-0.05, 0) is 0 Å². The fourth-order valence-electron chi connectivity index (χ4n) is 2.83. The van der Waals surface area contributed by atoms with Gasteiger partial charge in [-0.25, -0.2) is 0 Å². The van der Waals surface area contributed by atoms with E-state index in [0.717, 1.165) is 11.7 Å². The van der Waals surface area contributed by atoms with Crippen molar-refractivity contribution >= 4 is 37.9 Å². The summed E-state index contributed by atoms with van der Waals surface area (Å²) < 4.78 is 7.42. The van der Waals surface area contributed by atoms with Crippen LogP contribution in [0.4, 0.5) is 5.82 Å². The number of rotatable bonds is 8. The fourth-order valence-corrected chi connectivity index (χ4v) is 5.10. The van der Waals surface area contributed by atoms with Gasteiger partial charge in [0.2, 0.25) is 0 Å². The molecule has 0 bridgehead atoms. The number of aliphatic hydroxyl groups excluding tert-OH is 2. The summed E-state index contributed by atoms with van der Waals surface area (Å²) in [6, 6.07) is 0. The molecule has 26 heavy (non-hydrogen) atoms. The topological polar surface area (TPSA) is 157 Å². The van der Waals surface area contributed by atoms with E-state index in [1.807, 2.05) is 0 Å². The summed E-state index contributed by atoms with van der Waals surface area (Å²) in [6.07, 6.45) is 1.07. The molecule has 0 aliphatic carbocycles. The number of unbranched alkanes of at least 4 members (excludes halogenated alkanes) is 1. The zero-order valence-electron chi connectivity index (χ0n) is 13.9. The zero-order valence-corrected chi connectivity index (χ0v) is 15.6. The molecule has 5 N–H and O–H groups in total. The first-order valence-corrected chi connectivity index (χ1v) is 10.7. The van der Waals surface area contributed by atoms with E-state index in [1.54, 1.807) is 4.57 Å². The Bertz CT molecular complexity index is 772. The number of hydrogen-bond donors (Lipinski definition) is 4. The number of anilines is 1. The Morgan fingerprint density at radius 3 is 2.85 bits per heavy atom. The number of carboxylic acids is 1. The first kappa shape index (κ1) is 19.0. The molecule has 1 saturated heterocycles. The molecule has 0 unspecified atom stereocenters. The molecule has 0 spiro atoms. The molecule has 1 fully saturated rings. The Morgan fingerprint density at radius 1 is 1.27 bits per heavy atom. The van der Waals surface area contributed by atoms with Crippen LogP contribution < -0.4 is 5.73 Å². The molecule has 11 heteroatoms. The molecule has 0 amide bonds. The van der Waals surface area contributed by atoms with E-state index in [-0.39, 0.29) is 27.2 Å². The van der Waals surface area contributed by atoms with Gasteiger partial charge in [0.15, 0.2) is 0 Å². The summed E-state index contributed by atoms with van der Waals surface area (Å²) in [5.41, 5.74) is 6.63. The molecule has 10 nitrogen and oxygen atoms in total. The number of aromatic nitrogens is 4. The molecular weight excluding hydrogens is 409 g/mol. The number of aliphatic hydroxyl groups is 2. The van der Waals surface area contributed by atoms with Crippen molar-refractivity contribution in [1.29, 1.82) is 0 Å². The predicted octanol–water partition coefficient (Wildman–Crippen LogP) is -0.177. The number of imidazole rings is 1. The number of carbonyl (C=O) groups is 1. The minimum atomic E-state index is -1.10. The van der Waals surface area contributed by atoms with E-state index in [2.05, 4.69) is 15.0 Å². The summed E-state index contributed by atoms with van der Waals surface area (Å²) in [7, 11) is 0. The van der Waals surface area contributed by atoms with Crippen LogP contribution in [-0.4, -0.2) is 74.1 Å². The summed E-state index contributed by atoms with van der Waals surface area (Å²) in [5.74, 6) is -0.543. The normalized spacial score (nSPS) is 25.8. The van der Waals surface area contributed by atoms with Crippen molar-refractivity contribution in [1.82, 2.24) is 19.5 Å². The van der Waals surface area contributed by atoms with Crippen LogP contribution in [0.3, 0.4) is 0 Å². The third-order valence-corrected chi connectivity index (χ3v) is 6.61. The van der Waals surface area contributed by atoms with E-state index in [4.69, 9.17) is 15.6 Å². The standard InChI is InChI=1S/C15H21N5O5Se/c16-13-10-14(18-6-17-13)20(7-19-10)15-12(24)11(23)8(25-15)5-26-4-2-1-3-9(21)22/h6-8,11-12,15,23-24H,1-5H2,(H,21,22)(H2,16,17,18)/t8-,11-,12-,15-/m1/s1. The van der Waals surface area contributed by atoms with Gasteiger partial charge in [0.25, 0.3) is 0 Å². The van der Waals surface area contributed by atoms with E-state index in [0.29, 0.717) is 22.9 Å². The molecule has 3 rings (SSSR count). The summed E-state index contributed by atoms with van der Waals surface area (Å²) >= 11 is 0.197. The monoisotopic (exact) mass is 431 g/mol. The molecule has 2 aromatic rings. The van der Waals surface area contributed by atoms with Gasteiger partial charge < -0.3 is 0 Å². The summed E-state index contributed by atoms with van der Waals surface area (Å²) in [6.45, 7) is 0. The Morgan fingerprint density at radius 2 is 2.08 bits per heavy atom. The van der Waals surface area contributed by atoms with Gasteiger partial charge in [-0.1, -0.05) is 0 Å². The third-order valence-electron chi connectivity index (χ3n) is 4.21. The maximum atomic E-state index is 10.5. The molecule has 1 aliphatic heterocycles. The van der Waals surface area contributed by atoms with E-state index < -0.39 is 30.5 Å². The van der Waals surface area contributed by atoms with Crippen molar-refractivity contribution in [2.45, 2.75) is 54.4 Å². The van der Waals surface area contributed by atoms with Crippen LogP contribution in [0.15, 0.2) is 12.7 Å². The first-order chi connectivity index (χ1) is 12.5. The van der Waals surface area contributed by atoms with E-state index >= 15 is 0 Å². The van der Waals surface area contributed by atoms with Crippen LogP contribution in [0, 0.1) is 0 Å². The Labute approximate surface area is 155 Å². The van der Waals surface area contributed by atoms with Crippen molar-refractivity contribution < 1.29 is 24.9 Å². The van der Waals surface area contributed by atoms with Crippen LogP contribution >= 0.6 is 0 Å². The van der Waals surface area contributed by atoms with Crippen LogP contribution in [0.2, 0.25) is 10.6 Å². The molecular formula is C15H21N5O5Se. The number of ether oxygens (including phenoxy) is 1. The number of nitrogens with two attached hydrogens (primary N) is 1. The second-order valence-corrected chi connectivity index (χ2v) is 8.47. The third kappa shape index (κ3) is 3.97. The van der Waals surface area contributed by atoms with Gasteiger partial charge in [0.1, 0.15) is 0 Å². The average Bonchev–Trinajstić information content (AvgIpc) is 3.15. The quantitative estimate of drug-likeness (QED) is 0.330. The van der Waals surface area contributed by atoms with Crippen LogP contribution in [0.5, 0.6) is 0 Å². The van der Waals surface area contributed by atoms with Gasteiger partial charge in [-0.15, -0.1) is 0 Å². The number of nitrogen functional groups attached to an aromatic ring is 1. The molecule has 0 aromatic carbocycles. The Balaban J connectivity index is 1.59. The van der Waals surface area contributed by atoms with Gasteiger partial charge in [-0.2, -0.15) is 0 Å². The van der Waals surface area contributed by atoms with Crippen molar-refractivity contribution in [3.05, 3.63) is 12.7 Å². The van der Waals surface area contributed by atoms with Crippen molar-refractivity contribution in [3.63, 3.8) is 0 Å². The Kier molecular flexibility index (Phi) is 6.05. The average molecular weight is 430 g/mol. The van der Waals surface area contributed by atoms with Gasteiger partial charge >= 0.3 is 155 Å². The van der Waals surface area contributed by atoms with Gasteiger partial charge in [-0.3, -0.25) is 0 Å². The summed E-state index contributed by atoms with van der Waals surface area (Å²) in [5, 5.41) is 30.8. The van der Waals surface area contributed by atoms with Crippen molar-refractivity contribution in [3.8, 4) is 0 Å².